The monoisotopic (exact) mass is 337 g/mol. The van der Waals surface area contributed by atoms with Crippen LogP contribution in [-0.2, 0) is 0 Å². The molecule has 2 rings (SSSR count). The molecular weight excluding hydrogens is 321 g/mol. The molecule has 0 aliphatic heterocycles. The fourth-order valence-corrected chi connectivity index (χ4v) is 2.15. The van der Waals surface area contributed by atoms with Crippen LogP contribution in [0.25, 0.3) is 0 Å². The number of carbonyl (C=O) groups is 1. The molecule has 1 aromatic carbocycles. The van der Waals surface area contributed by atoms with E-state index in [9.17, 15) is 4.79 Å². The van der Waals surface area contributed by atoms with E-state index < -0.39 is 0 Å². The Morgan fingerprint density at radius 3 is 2.77 bits per heavy atom. The predicted molar refractivity (Wildman–Crippen MR) is 92.0 cm³/mol. The minimum Gasteiger partial charge on any atom is -0.382 e. The molecule has 0 aliphatic rings. The fourth-order valence-electron chi connectivity index (χ4n) is 1.81. The van der Waals surface area contributed by atoms with Crippen LogP contribution >= 0.6 is 23.2 Å². The van der Waals surface area contributed by atoms with Crippen LogP contribution in [0.2, 0.25) is 10.0 Å². The van der Waals surface area contributed by atoms with E-state index in [0.29, 0.717) is 27.5 Å². The van der Waals surface area contributed by atoms with Crippen LogP contribution in [0, 0.1) is 0 Å². The predicted octanol–water partition coefficient (Wildman–Crippen LogP) is 4.85. The lowest BCUT2D eigenvalue weighted by atomic mass is 10.2. The summed E-state index contributed by atoms with van der Waals surface area (Å²) in [4.78, 5) is 16.4. The van der Waals surface area contributed by atoms with Gasteiger partial charge in [0, 0.05) is 22.9 Å². The van der Waals surface area contributed by atoms with Crippen LogP contribution < -0.4 is 10.6 Å². The van der Waals surface area contributed by atoms with Crippen molar-refractivity contribution in [2.45, 2.75) is 26.3 Å². The highest BCUT2D eigenvalue weighted by atomic mass is 35.5. The first-order valence-electron chi connectivity index (χ1n) is 6.98. The maximum Gasteiger partial charge on any atom is 0.274 e. The van der Waals surface area contributed by atoms with Gasteiger partial charge in [-0.25, -0.2) is 0 Å². The Hall–Kier alpha value is -1.78. The first kappa shape index (κ1) is 16.6. The number of amides is 1. The molecule has 2 N–H and O–H groups in total. The van der Waals surface area contributed by atoms with E-state index in [1.54, 1.807) is 30.5 Å². The summed E-state index contributed by atoms with van der Waals surface area (Å²) in [6, 6.07) is 8.75. The molecular formula is C16H17Cl2N3O. The Labute approximate surface area is 139 Å². The van der Waals surface area contributed by atoms with E-state index in [-0.39, 0.29) is 5.91 Å². The van der Waals surface area contributed by atoms with Crippen molar-refractivity contribution in [3.63, 3.8) is 0 Å². The Kier molecular flexibility index (Phi) is 5.63. The van der Waals surface area contributed by atoms with Gasteiger partial charge in [0.25, 0.3) is 5.91 Å². The number of carbonyl (C=O) groups excluding carboxylic acids is 1. The third-order valence-electron chi connectivity index (χ3n) is 3.19. The summed E-state index contributed by atoms with van der Waals surface area (Å²) in [6.07, 6.45) is 2.58. The summed E-state index contributed by atoms with van der Waals surface area (Å²) >= 11 is 11.9. The molecule has 22 heavy (non-hydrogen) atoms. The fraction of sp³-hybridized carbons (Fsp3) is 0.250. The number of anilines is 2. The van der Waals surface area contributed by atoms with Gasteiger partial charge < -0.3 is 10.6 Å². The Morgan fingerprint density at radius 1 is 1.27 bits per heavy atom. The van der Waals surface area contributed by atoms with Crippen molar-refractivity contribution in [1.82, 2.24) is 4.98 Å². The summed E-state index contributed by atoms with van der Waals surface area (Å²) < 4.78 is 0. The number of nitrogens with zero attached hydrogens (tertiary/aromatic N) is 1. The summed E-state index contributed by atoms with van der Waals surface area (Å²) in [5, 5.41) is 6.94. The van der Waals surface area contributed by atoms with Gasteiger partial charge in [-0.15, -0.1) is 0 Å². The molecule has 0 saturated heterocycles. The lowest BCUT2D eigenvalue weighted by Gasteiger charge is -2.13. The maximum atomic E-state index is 12.3. The molecule has 2 aromatic rings. The van der Waals surface area contributed by atoms with Gasteiger partial charge in [0.15, 0.2) is 0 Å². The normalized spacial score (nSPS) is 11.8. The molecule has 0 fully saturated rings. The van der Waals surface area contributed by atoms with Gasteiger partial charge in [0.05, 0.1) is 10.7 Å². The van der Waals surface area contributed by atoms with E-state index >= 15 is 0 Å². The molecule has 4 nitrogen and oxygen atoms in total. The minimum absolute atomic E-state index is 0.310. The molecule has 1 atom stereocenters. The number of benzene rings is 1. The van der Waals surface area contributed by atoms with E-state index in [4.69, 9.17) is 23.2 Å². The van der Waals surface area contributed by atoms with E-state index in [1.807, 2.05) is 6.07 Å². The topological polar surface area (TPSA) is 54.0 Å². The highest BCUT2D eigenvalue weighted by molar-refractivity contribution is 6.35. The van der Waals surface area contributed by atoms with Crippen molar-refractivity contribution in [2.75, 3.05) is 10.6 Å². The number of rotatable bonds is 5. The van der Waals surface area contributed by atoms with Gasteiger partial charge >= 0.3 is 0 Å². The molecule has 6 heteroatoms. The van der Waals surface area contributed by atoms with Crippen LogP contribution in [-0.4, -0.2) is 16.9 Å². The summed E-state index contributed by atoms with van der Waals surface area (Å²) in [6.45, 7) is 4.17. The van der Waals surface area contributed by atoms with Crippen molar-refractivity contribution in [3.05, 3.63) is 52.3 Å². The van der Waals surface area contributed by atoms with Crippen LogP contribution in [0.1, 0.15) is 30.8 Å². The van der Waals surface area contributed by atoms with Crippen LogP contribution in [0.3, 0.4) is 0 Å². The molecule has 0 bridgehead atoms. The van der Waals surface area contributed by atoms with Crippen LogP contribution in [0.15, 0.2) is 36.5 Å². The number of pyridine rings is 1. The largest absolute Gasteiger partial charge is 0.382 e. The average Bonchev–Trinajstić information content (AvgIpc) is 2.51. The third-order valence-corrected chi connectivity index (χ3v) is 3.76. The molecule has 0 saturated carbocycles. The van der Waals surface area contributed by atoms with Gasteiger partial charge in [-0.1, -0.05) is 30.1 Å². The first-order valence-corrected chi connectivity index (χ1v) is 7.74. The second-order valence-electron chi connectivity index (χ2n) is 4.96. The number of nitrogens with one attached hydrogen (secondary N) is 2. The molecule has 1 aromatic heterocycles. The molecule has 1 unspecified atom stereocenters. The van der Waals surface area contributed by atoms with E-state index in [1.165, 1.54) is 0 Å². The summed E-state index contributed by atoms with van der Waals surface area (Å²) in [7, 11) is 0. The Bertz CT molecular complexity index is 676. The standard InChI is InChI=1S/C16H17Cl2N3O/c1-3-10(2)20-12-6-7-19-15(9-12)16(22)21-14-8-11(17)4-5-13(14)18/h4-10H,3H2,1-2H3,(H,19,20)(H,21,22). The van der Waals surface area contributed by atoms with Crippen molar-refractivity contribution >= 4 is 40.5 Å². The zero-order valence-corrected chi connectivity index (χ0v) is 13.9. The second-order valence-corrected chi connectivity index (χ2v) is 5.81. The van der Waals surface area contributed by atoms with Gasteiger partial charge in [0.2, 0.25) is 0 Å². The zero-order valence-electron chi connectivity index (χ0n) is 12.4. The smallest absolute Gasteiger partial charge is 0.274 e. The van der Waals surface area contributed by atoms with Gasteiger partial charge in [-0.05, 0) is 43.7 Å². The summed E-state index contributed by atoms with van der Waals surface area (Å²) in [5.41, 5.74) is 1.62. The van der Waals surface area contributed by atoms with Crippen molar-refractivity contribution in [2.24, 2.45) is 0 Å². The lowest BCUT2D eigenvalue weighted by molar-refractivity contribution is 0.102. The third kappa shape index (κ3) is 4.36. The number of hydrogen-bond donors (Lipinski definition) is 2. The highest BCUT2D eigenvalue weighted by Crippen LogP contribution is 2.26. The van der Waals surface area contributed by atoms with Crippen LogP contribution in [0.4, 0.5) is 11.4 Å². The van der Waals surface area contributed by atoms with Crippen molar-refractivity contribution < 1.29 is 4.79 Å². The minimum atomic E-state index is -0.336. The van der Waals surface area contributed by atoms with E-state index in [0.717, 1.165) is 12.1 Å². The molecule has 0 spiro atoms. The lowest BCUT2D eigenvalue weighted by Crippen LogP contribution is -2.16. The van der Waals surface area contributed by atoms with Gasteiger partial charge in [0.1, 0.15) is 5.69 Å². The zero-order chi connectivity index (χ0) is 16.1. The number of hydrogen-bond acceptors (Lipinski definition) is 3. The molecule has 0 radical (unpaired) electrons. The Morgan fingerprint density at radius 2 is 2.05 bits per heavy atom. The highest BCUT2D eigenvalue weighted by Gasteiger charge is 2.11. The van der Waals surface area contributed by atoms with E-state index in [2.05, 4.69) is 29.5 Å². The molecule has 1 heterocycles. The van der Waals surface area contributed by atoms with Crippen LogP contribution in [0.5, 0.6) is 0 Å². The molecule has 116 valence electrons. The SMILES string of the molecule is CCC(C)Nc1ccnc(C(=O)Nc2cc(Cl)ccc2Cl)c1. The summed E-state index contributed by atoms with van der Waals surface area (Å²) in [5.74, 6) is -0.336. The van der Waals surface area contributed by atoms with Gasteiger partial charge in [-0.2, -0.15) is 0 Å². The number of aromatic nitrogens is 1. The van der Waals surface area contributed by atoms with Gasteiger partial charge in [-0.3, -0.25) is 9.78 Å². The molecule has 1 amide bonds. The quantitative estimate of drug-likeness (QED) is 0.819. The maximum absolute atomic E-state index is 12.3. The number of halogens is 2. The molecule has 0 aliphatic carbocycles. The second kappa shape index (κ2) is 7.47. The van der Waals surface area contributed by atoms with Crippen molar-refractivity contribution in [3.8, 4) is 0 Å². The Balaban J connectivity index is 2.15. The first-order chi connectivity index (χ1) is 10.5. The average molecular weight is 338 g/mol. The van der Waals surface area contributed by atoms with Crippen molar-refractivity contribution in [1.29, 1.82) is 0 Å².